The first-order chi connectivity index (χ1) is 9.47. The maximum absolute atomic E-state index is 4.78. The van der Waals surface area contributed by atoms with Crippen molar-refractivity contribution in [2.24, 2.45) is 0 Å². The van der Waals surface area contributed by atoms with Gasteiger partial charge in [0.15, 0.2) is 0 Å². The second-order valence-corrected chi connectivity index (χ2v) is 6.69. The molecule has 0 aliphatic carbocycles. The standard InChI is InChI=1S/C17H23N3/c1-12-7-5-6-8-13(12)14-9-10-18-16-19-15(11-20(14)16)17(2,3)4/h5-8,11,14H,9-10H2,1-4H3,(H,18,19). The lowest BCUT2D eigenvalue weighted by molar-refractivity contribution is 0.525. The van der Waals surface area contributed by atoms with Gasteiger partial charge >= 0.3 is 0 Å². The molecule has 0 bridgehead atoms. The Balaban J connectivity index is 2.06. The molecular formula is C17H23N3. The summed E-state index contributed by atoms with van der Waals surface area (Å²) in [6.07, 6.45) is 3.33. The Morgan fingerprint density at radius 1 is 1.25 bits per heavy atom. The fraction of sp³-hybridized carbons (Fsp3) is 0.471. The third-order valence-electron chi connectivity index (χ3n) is 4.08. The fourth-order valence-electron chi connectivity index (χ4n) is 2.85. The van der Waals surface area contributed by atoms with Crippen LogP contribution in [0.25, 0.3) is 0 Å². The van der Waals surface area contributed by atoms with Gasteiger partial charge in [0.25, 0.3) is 0 Å². The molecule has 1 aliphatic heterocycles. The summed E-state index contributed by atoms with van der Waals surface area (Å²) < 4.78 is 2.31. The Morgan fingerprint density at radius 2 is 2.00 bits per heavy atom. The van der Waals surface area contributed by atoms with Crippen LogP contribution in [0.5, 0.6) is 0 Å². The zero-order chi connectivity index (χ0) is 14.3. The first kappa shape index (κ1) is 13.2. The van der Waals surface area contributed by atoms with E-state index in [1.165, 1.54) is 11.1 Å². The van der Waals surface area contributed by atoms with Gasteiger partial charge in [-0.1, -0.05) is 45.0 Å². The quantitative estimate of drug-likeness (QED) is 0.851. The second kappa shape index (κ2) is 4.65. The molecule has 0 radical (unpaired) electrons. The number of nitrogens with zero attached hydrogens (tertiary/aromatic N) is 2. The molecule has 2 aromatic rings. The molecule has 1 aromatic carbocycles. The van der Waals surface area contributed by atoms with Gasteiger partial charge < -0.3 is 9.88 Å². The molecule has 3 heteroatoms. The Hall–Kier alpha value is -1.77. The summed E-state index contributed by atoms with van der Waals surface area (Å²) in [5.41, 5.74) is 4.01. The third kappa shape index (κ3) is 2.21. The van der Waals surface area contributed by atoms with E-state index in [0.29, 0.717) is 6.04 Å². The number of aromatic nitrogens is 2. The lowest BCUT2D eigenvalue weighted by atomic mass is 9.93. The fourth-order valence-corrected chi connectivity index (χ4v) is 2.85. The van der Waals surface area contributed by atoms with E-state index in [2.05, 4.69) is 68.0 Å². The summed E-state index contributed by atoms with van der Waals surface area (Å²) in [6.45, 7) is 9.82. The Kier molecular flexibility index (Phi) is 3.08. The average molecular weight is 269 g/mol. The molecule has 0 amide bonds. The van der Waals surface area contributed by atoms with Gasteiger partial charge in [0.1, 0.15) is 0 Å². The minimum absolute atomic E-state index is 0.0856. The van der Waals surface area contributed by atoms with Crippen molar-refractivity contribution < 1.29 is 0 Å². The van der Waals surface area contributed by atoms with Crippen LogP contribution in [-0.4, -0.2) is 16.1 Å². The van der Waals surface area contributed by atoms with Crippen molar-refractivity contribution in [3.05, 3.63) is 47.3 Å². The number of aryl methyl sites for hydroxylation is 1. The van der Waals surface area contributed by atoms with E-state index in [1.807, 2.05) is 0 Å². The van der Waals surface area contributed by atoms with Gasteiger partial charge in [-0.2, -0.15) is 0 Å². The minimum Gasteiger partial charge on any atom is -0.356 e. The monoisotopic (exact) mass is 269 g/mol. The first-order valence-electron chi connectivity index (χ1n) is 7.35. The van der Waals surface area contributed by atoms with E-state index >= 15 is 0 Å². The third-order valence-corrected chi connectivity index (χ3v) is 4.08. The topological polar surface area (TPSA) is 29.9 Å². The van der Waals surface area contributed by atoms with Crippen LogP contribution < -0.4 is 5.32 Å². The Labute approximate surface area is 121 Å². The molecule has 1 atom stereocenters. The number of hydrogen-bond acceptors (Lipinski definition) is 2. The lowest BCUT2D eigenvalue weighted by Crippen LogP contribution is -2.23. The molecule has 3 rings (SSSR count). The minimum atomic E-state index is 0.0856. The van der Waals surface area contributed by atoms with E-state index in [4.69, 9.17) is 4.98 Å². The second-order valence-electron chi connectivity index (χ2n) is 6.69. The Morgan fingerprint density at radius 3 is 2.70 bits per heavy atom. The van der Waals surface area contributed by atoms with E-state index in [0.717, 1.165) is 24.6 Å². The summed E-state index contributed by atoms with van der Waals surface area (Å²) in [7, 11) is 0. The molecule has 106 valence electrons. The lowest BCUT2D eigenvalue weighted by Gasteiger charge is -2.27. The number of benzene rings is 1. The maximum atomic E-state index is 4.78. The van der Waals surface area contributed by atoms with Crippen molar-refractivity contribution in [1.82, 2.24) is 9.55 Å². The number of imidazole rings is 1. The molecule has 1 unspecified atom stereocenters. The van der Waals surface area contributed by atoms with Crippen molar-refractivity contribution >= 4 is 5.95 Å². The van der Waals surface area contributed by atoms with Crippen molar-refractivity contribution in [2.75, 3.05) is 11.9 Å². The molecule has 0 fully saturated rings. The largest absolute Gasteiger partial charge is 0.356 e. The van der Waals surface area contributed by atoms with Gasteiger partial charge in [-0.05, 0) is 24.5 Å². The van der Waals surface area contributed by atoms with Crippen LogP contribution in [0.15, 0.2) is 30.5 Å². The molecular weight excluding hydrogens is 246 g/mol. The highest BCUT2D eigenvalue weighted by atomic mass is 15.2. The molecule has 3 nitrogen and oxygen atoms in total. The highest BCUT2D eigenvalue weighted by molar-refractivity contribution is 5.39. The van der Waals surface area contributed by atoms with Gasteiger partial charge in [0.2, 0.25) is 5.95 Å². The molecule has 1 aromatic heterocycles. The van der Waals surface area contributed by atoms with E-state index in [-0.39, 0.29) is 5.41 Å². The van der Waals surface area contributed by atoms with Gasteiger partial charge in [0.05, 0.1) is 11.7 Å². The van der Waals surface area contributed by atoms with Gasteiger partial charge in [-0.15, -0.1) is 0 Å². The van der Waals surface area contributed by atoms with Crippen LogP contribution in [-0.2, 0) is 5.41 Å². The molecule has 1 N–H and O–H groups in total. The summed E-state index contributed by atoms with van der Waals surface area (Å²) in [6, 6.07) is 9.07. The number of anilines is 1. The molecule has 0 saturated carbocycles. The molecule has 2 heterocycles. The summed E-state index contributed by atoms with van der Waals surface area (Å²) >= 11 is 0. The predicted octanol–water partition coefficient (Wildman–Crippen LogP) is 3.89. The smallest absolute Gasteiger partial charge is 0.203 e. The maximum Gasteiger partial charge on any atom is 0.203 e. The van der Waals surface area contributed by atoms with Crippen molar-refractivity contribution in [1.29, 1.82) is 0 Å². The van der Waals surface area contributed by atoms with Crippen molar-refractivity contribution in [3.63, 3.8) is 0 Å². The van der Waals surface area contributed by atoms with E-state index in [9.17, 15) is 0 Å². The van der Waals surface area contributed by atoms with Crippen LogP contribution in [0.4, 0.5) is 5.95 Å². The van der Waals surface area contributed by atoms with Crippen molar-refractivity contribution in [2.45, 2.75) is 45.6 Å². The van der Waals surface area contributed by atoms with E-state index < -0.39 is 0 Å². The zero-order valence-electron chi connectivity index (χ0n) is 12.8. The van der Waals surface area contributed by atoms with Crippen LogP contribution >= 0.6 is 0 Å². The van der Waals surface area contributed by atoms with E-state index in [1.54, 1.807) is 0 Å². The first-order valence-corrected chi connectivity index (χ1v) is 7.35. The van der Waals surface area contributed by atoms with Crippen LogP contribution in [0.1, 0.15) is 50.1 Å². The molecule has 0 saturated heterocycles. The highest BCUT2D eigenvalue weighted by Gasteiger charge is 2.27. The summed E-state index contributed by atoms with van der Waals surface area (Å²) in [4.78, 5) is 4.78. The average Bonchev–Trinajstić information content (AvgIpc) is 2.83. The van der Waals surface area contributed by atoms with Gasteiger partial charge in [-0.3, -0.25) is 0 Å². The Bertz CT molecular complexity index is 619. The number of hydrogen-bond donors (Lipinski definition) is 1. The predicted molar refractivity (Wildman–Crippen MR) is 83.4 cm³/mol. The van der Waals surface area contributed by atoms with Crippen LogP contribution in [0.2, 0.25) is 0 Å². The number of fused-ring (bicyclic) bond motifs is 1. The summed E-state index contributed by atoms with van der Waals surface area (Å²) in [5.74, 6) is 1.01. The number of rotatable bonds is 1. The van der Waals surface area contributed by atoms with Crippen LogP contribution in [0, 0.1) is 6.92 Å². The normalized spacial score (nSPS) is 18.5. The highest BCUT2D eigenvalue weighted by Crippen LogP contribution is 2.33. The SMILES string of the molecule is Cc1ccccc1C1CCNc2nc(C(C)(C)C)cn21. The van der Waals surface area contributed by atoms with Gasteiger partial charge in [-0.25, -0.2) is 4.98 Å². The van der Waals surface area contributed by atoms with Gasteiger partial charge in [0, 0.05) is 18.2 Å². The molecule has 20 heavy (non-hydrogen) atoms. The number of nitrogens with one attached hydrogen (secondary N) is 1. The zero-order valence-corrected chi connectivity index (χ0v) is 12.8. The van der Waals surface area contributed by atoms with Crippen molar-refractivity contribution in [3.8, 4) is 0 Å². The van der Waals surface area contributed by atoms with Crippen LogP contribution in [0.3, 0.4) is 0 Å². The molecule has 0 spiro atoms. The molecule has 1 aliphatic rings. The summed E-state index contributed by atoms with van der Waals surface area (Å²) in [5, 5.41) is 3.43.